The largest absolute Gasteiger partial charge is 0.242 e. The van der Waals surface area contributed by atoms with Crippen LogP contribution in [0.2, 0.25) is 5.02 Å². The number of hydrogen-bond acceptors (Lipinski definition) is 4. The molecule has 1 aromatic carbocycles. The average Bonchev–Trinajstić information content (AvgIpc) is 2.50. The molecular weight excluding hydrogens is 413 g/mol. The maximum Gasteiger partial charge on any atom is 0.242 e. The Bertz CT molecular complexity index is 736. The fourth-order valence-corrected chi connectivity index (χ4v) is 6.91. The summed E-state index contributed by atoms with van der Waals surface area (Å²) in [6, 6.07) is 3.46. The molecule has 1 N–H and O–H groups in total. The third kappa shape index (κ3) is 3.66. The molecule has 2 atom stereocenters. The molecule has 20 heavy (non-hydrogen) atoms. The molecule has 112 valence electrons. The van der Waals surface area contributed by atoms with Crippen molar-refractivity contribution in [3.63, 3.8) is 0 Å². The molecule has 1 aliphatic heterocycles. The van der Waals surface area contributed by atoms with E-state index in [9.17, 15) is 16.8 Å². The van der Waals surface area contributed by atoms with Gasteiger partial charge < -0.3 is 0 Å². The lowest BCUT2D eigenvalue weighted by atomic mass is 10.3. The van der Waals surface area contributed by atoms with Crippen LogP contribution in [-0.4, -0.2) is 39.8 Å². The smallest absolute Gasteiger partial charge is 0.229 e. The number of sulfone groups is 1. The highest BCUT2D eigenvalue weighted by atomic mass is 79.9. The summed E-state index contributed by atoms with van der Waals surface area (Å²) in [6.07, 6.45) is 0. The number of alkyl halides is 1. The molecule has 0 radical (unpaired) electrons. The van der Waals surface area contributed by atoms with Gasteiger partial charge in [0.25, 0.3) is 0 Å². The number of sulfonamides is 1. The molecule has 1 aromatic rings. The highest BCUT2D eigenvalue weighted by Gasteiger charge is 2.39. The van der Waals surface area contributed by atoms with E-state index in [0.29, 0.717) is 4.47 Å². The number of nitrogens with one attached hydrogen (secondary N) is 1. The van der Waals surface area contributed by atoms with Crippen LogP contribution in [0.1, 0.15) is 0 Å². The fourth-order valence-electron chi connectivity index (χ4n) is 1.87. The van der Waals surface area contributed by atoms with Crippen LogP contribution < -0.4 is 4.72 Å². The summed E-state index contributed by atoms with van der Waals surface area (Å²) in [6.45, 7) is 0. The second kappa shape index (κ2) is 5.73. The van der Waals surface area contributed by atoms with Crippen LogP contribution in [-0.2, 0) is 19.9 Å². The van der Waals surface area contributed by atoms with Crippen molar-refractivity contribution in [2.45, 2.75) is 16.3 Å². The molecule has 2 unspecified atom stereocenters. The molecular formula is C10H10BrCl2NO4S2. The van der Waals surface area contributed by atoms with Gasteiger partial charge in [-0.15, -0.1) is 11.6 Å². The first-order chi connectivity index (χ1) is 9.11. The highest BCUT2D eigenvalue weighted by molar-refractivity contribution is 9.10. The van der Waals surface area contributed by atoms with Gasteiger partial charge in [-0.05, 0) is 18.2 Å². The zero-order valence-electron chi connectivity index (χ0n) is 9.88. The second-order valence-electron chi connectivity index (χ2n) is 4.40. The van der Waals surface area contributed by atoms with Crippen LogP contribution in [0.25, 0.3) is 0 Å². The van der Waals surface area contributed by atoms with Crippen molar-refractivity contribution in [1.29, 1.82) is 0 Å². The van der Waals surface area contributed by atoms with E-state index in [1.807, 2.05) is 0 Å². The number of rotatable bonds is 3. The summed E-state index contributed by atoms with van der Waals surface area (Å²) < 4.78 is 50.2. The first-order valence-electron chi connectivity index (χ1n) is 5.42. The Hall–Kier alpha value is 0.140. The van der Waals surface area contributed by atoms with E-state index in [0.717, 1.165) is 0 Å². The molecule has 0 aromatic heterocycles. The zero-order valence-corrected chi connectivity index (χ0v) is 14.6. The van der Waals surface area contributed by atoms with E-state index >= 15 is 0 Å². The van der Waals surface area contributed by atoms with Gasteiger partial charge in [-0.2, -0.15) is 0 Å². The van der Waals surface area contributed by atoms with E-state index in [-0.39, 0.29) is 21.4 Å². The van der Waals surface area contributed by atoms with E-state index in [1.54, 1.807) is 0 Å². The first kappa shape index (κ1) is 16.5. The predicted octanol–water partition coefficient (Wildman–Crippen LogP) is 1.79. The van der Waals surface area contributed by atoms with Crippen LogP contribution in [0, 0.1) is 0 Å². The number of hydrogen-bond donors (Lipinski definition) is 1. The van der Waals surface area contributed by atoms with Crippen molar-refractivity contribution in [1.82, 2.24) is 4.72 Å². The van der Waals surface area contributed by atoms with Crippen molar-refractivity contribution >= 4 is 59.0 Å². The van der Waals surface area contributed by atoms with Gasteiger partial charge in [-0.25, -0.2) is 21.6 Å². The molecule has 1 heterocycles. The summed E-state index contributed by atoms with van der Waals surface area (Å²) in [5, 5.41) is -0.747. The van der Waals surface area contributed by atoms with E-state index in [2.05, 4.69) is 20.7 Å². The Kier molecular flexibility index (Phi) is 4.73. The van der Waals surface area contributed by atoms with Crippen LogP contribution in [0.15, 0.2) is 27.6 Å². The molecule has 1 fully saturated rings. The molecule has 0 amide bonds. The average molecular weight is 423 g/mol. The summed E-state index contributed by atoms with van der Waals surface area (Å²) in [5.41, 5.74) is 0. The second-order valence-corrected chi connectivity index (χ2v) is 10.1. The van der Waals surface area contributed by atoms with Gasteiger partial charge in [-0.1, -0.05) is 27.5 Å². The molecule has 10 heteroatoms. The van der Waals surface area contributed by atoms with Crippen molar-refractivity contribution in [3.05, 3.63) is 27.7 Å². The van der Waals surface area contributed by atoms with Crippen LogP contribution >= 0.6 is 39.1 Å². The van der Waals surface area contributed by atoms with E-state index < -0.39 is 31.3 Å². The van der Waals surface area contributed by atoms with E-state index in [1.165, 1.54) is 18.2 Å². The van der Waals surface area contributed by atoms with E-state index in [4.69, 9.17) is 23.2 Å². The molecule has 0 aliphatic carbocycles. The van der Waals surface area contributed by atoms with Gasteiger partial charge in [0.15, 0.2) is 9.84 Å². The predicted molar refractivity (Wildman–Crippen MR) is 81.6 cm³/mol. The Morgan fingerprint density at radius 2 is 1.95 bits per heavy atom. The van der Waals surface area contributed by atoms with Crippen molar-refractivity contribution in [2.24, 2.45) is 0 Å². The van der Waals surface area contributed by atoms with Gasteiger partial charge >= 0.3 is 0 Å². The SMILES string of the molecule is O=S1(=O)CC(Cl)C(NS(=O)(=O)c2ccc(Br)cc2Cl)C1. The minimum Gasteiger partial charge on any atom is -0.229 e. The van der Waals surface area contributed by atoms with Gasteiger partial charge in [0.05, 0.1) is 27.9 Å². The Balaban J connectivity index is 2.28. The standard InChI is InChI=1S/C10H10BrCl2NO4S2/c11-6-1-2-10(7(12)3-6)20(17,18)14-9-5-19(15,16)4-8(9)13/h1-3,8-9,14H,4-5H2. The summed E-state index contributed by atoms with van der Waals surface area (Å²) >= 11 is 14.9. The lowest BCUT2D eigenvalue weighted by Crippen LogP contribution is -2.40. The monoisotopic (exact) mass is 421 g/mol. The minimum atomic E-state index is -3.93. The maximum atomic E-state index is 12.2. The Morgan fingerprint density at radius 3 is 2.45 bits per heavy atom. The van der Waals surface area contributed by atoms with Crippen molar-refractivity contribution in [2.75, 3.05) is 11.5 Å². The lowest BCUT2D eigenvalue weighted by molar-refractivity contribution is 0.563. The van der Waals surface area contributed by atoms with Gasteiger partial charge in [0.2, 0.25) is 10.0 Å². The van der Waals surface area contributed by atoms with Gasteiger partial charge in [-0.3, -0.25) is 0 Å². The first-order valence-corrected chi connectivity index (χ1v) is 10.3. The maximum absolute atomic E-state index is 12.2. The van der Waals surface area contributed by atoms with Crippen LogP contribution in [0.3, 0.4) is 0 Å². The van der Waals surface area contributed by atoms with Crippen molar-refractivity contribution in [3.8, 4) is 0 Å². The Morgan fingerprint density at radius 1 is 1.30 bits per heavy atom. The third-order valence-electron chi connectivity index (χ3n) is 2.77. The quantitative estimate of drug-likeness (QED) is 0.753. The summed E-state index contributed by atoms with van der Waals surface area (Å²) in [5.74, 6) is -0.551. The van der Waals surface area contributed by atoms with Crippen molar-refractivity contribution < 1.29 is 16.8 Å². The molecule has 1 aliphatic rings. The van der Waals surface area contributed by atoms with Crippen LogP contribution in [0.5, 0.6) is 0 Å². The van der Waals surface area contributed by atoms with Crippen LogP contribution in [0.4, 0.5) is 0 Å². The highest BCUT2D eigenvalue weighted by Crippen LogP contribution is 2.27. The summed E-state index contributed by atoms with van der Waals surface area (Å²) in [7, 11) is -7.24. The minimum absolute atomic E-state index is 0.0406. The molecule has 1 saturated heterocycles. The lowest BCUT2D eigenvalue weighted by Gasteiger charge is -2.15. The Labute approximate surface area is 135 Å². The molecule has 2 rings (SSSR count). The fraction of sp³-hybridized carbons (Fsp3) is 0.400. The zero-order chi connectivity index (χ0) is 15.1. The molecule has 0 spiro atoms. The number of halogens is 3. The third-order valence-corrected chi connectivity index (χ3v) is 7.61. The molecule has 0 saturated carbocycles. The topological polar surface area (TPSA) is 80.3 Å². The van der Waals surface area contributed by atoms with Gasteiger partial charge in [0.1, 0.15) is 4.90 Å². The normalized spacial score (nSPS) is 25.8. The molecule has 5 nitrogen and oxygen atoms in total. The number of benzene rings is 1. The summed E-state index contributed by atoms with van der Waals surface area (Å²) in [4.78, 5) is -0.115. The molecule has 0 bridgehead atoms. The van der Waals surface area contributed by atoms with Gasteiger partial charge in [0, 0.05) is 4.47 Å².